The standard InChI is InChI=1S/C66H116NO8P/c1-6-8-10-12-14-16-18-20-22-24-26-28-30-32-33-35-36-38-40-42-44-46-48-50-52-54-56-58-65(68)72-62-64(63-74-76(70,71)73-61-60-67(3,4)5)75-66(69)59-57-55-53-51-49-47-45-43-41-39-37-34-31-29-27-25-23-21-19-17-15-13-11-9-7-2/h9,11,15,17-18,20-21,23-24,26-27,29,34,37,41,43,64H,6-8,10,12-14,16,19,22,25,28,30-33,35-36,38-40,42,44-63H2,1-5H3/b11-9-,17-15-,20-18-,23-21-,26-24-,29-27-,37-34-,43-41-. The predicted octanol–water partition coefficient (Wildman–Crippen LogP) is 19.0. The number of phosphoric ester groups is 1. The van der Waals surface area contributed by atoms with Crippen LogP contribution in [-0.2, 0) is 32.7 Å². The molecule has 0 aliphatic rings. The van der Waals surface area contributed by atoms with Crippen molar-refractivity contribution in [3.8, 4) is 0 Å². The quantitative estimate of drug-likeness (QED) is 0.0195. The predicted molar refractivity (Wildman–Crippen MR) is 323 cm³/mol. The Morgan fingerprint density at radius 1 is 0.421 bits per heavy atom. The zero-order valence-corrected chi connectivity index (χ0v) is 50.6. The highest BCUT2D eigenvalue weighted by Crippen LogP contribution is 2.38. The number of carbonyl (C=O) groups excluding carboxylic acids is 2. The molecule has 438 valence electrons. The van der Waals surface area contributed by atoms with E-state index in [0.29, 0.717) is 17.4 Å². The Bertz CT molecular complexity index is 1600. The highest BCUT2D eigenvalue weighted by atomic mass is 31.2. The van der Waals surface area contributed by atoms with Gasteiger partial charge in [-0.25, -0.2) is 0 Å². The molecule has 0 saturated heterocycles. The van der Waals surface area contributed by atoms with Gasteiger partial charge in [0.1, 0.15) is 19.8 Å². The van der Waals surface area contributed by atoms with Gasteiger partial charge in [-0.3, -0.25) is 14.2 Å². The second kappa shape index (κ2) is 56.6. The van der Waals surface area contributed by atoms with Crippen LogP contribution in [0.4, 0.5) is 0 Å². The summed E-state index contributed by atoms with van der Waals surface area (Å²) in [5, 5.41) is 0. The number of hydrogen-bond acceptors (Lipinski definition) is 8. The minimum Gasteiger partial charge on any atom is -0.756 e. The number of allylic oxidation sites excluding steroid dienone is 16. The van der Waals surface area contributed by atoms with Crippen LogP contribution in [0.3, 0.4) is 0 Å². The zero-order valence-electron chi connectivity index (χ0n) is 49.7. The van der Waals surface area contributed by atoms with Gasteiger partial charge in [0.15, 0.2) is 6.10 Å². The van der Waals surface area contributed by atoms with Crippen LogP contribution < -0.4 is 4.89 Å². The number of unbranched alkanes of at least 4 members (excludes halogenated alkanes) is 26. The number of phosphoric acid groups is 1. The highest BCUT2D eigenvalue weighted by molar-refractivity contribution is 7.45. The number of likely N-dealkylation sites (N-methyl/N-ethyl adjacent to an activating group) is 1. The number of ether oxygens (including phenoxy) is 2. The van der Waals surface area contributed by atoms with Crippen molar-refractivity contribution in [1.82, 2.24) is 0 Å². The molecular formula is C66H116NO8P. The van der Waals surface area contributed by atoms with Crippen LogP contribution in [0.5, 0.6) is 0 Å². The first kappa shape index (κ1) is 72.9. The molecular weight excluding hydrogens is 966 g/mol. The van der Waals surface area contributed by atoms with E-state index in [1.165, 1.54) is 122 Å². The zero-order chi connectivity index (χ0) is 55.6. The van der Waals surface area contributed by atoms with Crippen molar-refractivity contribution in [2.24, 2.45) is 0 Å². The molecule has 76 heavy (non-hydrogen) atoms. The number of esters is 2. The van der Waals surface area contributed by atoms with Crippen molar-refractivity contribution in [2.45, 2.75) is 264 Å². The molecule has 0 aromatic heterocycles. The highest BCUT2D eigenvalue weighted by Gasteiger charge is 2.22. The van der Waals surface area contributed by atoms with Crippen molar-refractivity contribution in [3.05, 3.63) is 97.2 Å². The molecule has 0 heterocycles. The van der Waals surface area contributed by atoms with Crippen LogP contribution in [0.2, 0.25) is 0 Å². The monoisotopic (exact) mass is 1080 g/mol. The molecule has 0 aliphatic carbocycles. The van der Waals surface area contributed by atoms with Crippen molar-refractivity contribution in [1.29, 1.82) is 0 Å². The summed E-state index contributed by atoms with van der Waals surface area (Å²) in [6, 6.07) is 0. The van der Waals surface area contributed by atoms with Gasteiger partial charge < -0.3 is 27.9 Å². The summed E-state index contributed by atoms with van der Waals surface area (Å²) in [4.78, 5) is 37.9. The van der Waals surface area contributed by atoms with E-state index in [4.69, 9.17) is 18.5 Å². The molecule has 10 heteroatoms. The van der Waals surface area contributed by atoms with Gasteiger partial charge in [0.05, 0.1) is 27.7 Å². The van der Waals surface area contributed by atoms with Gasteiger partial charge in [-0.05, 0) is 96.3 Å². The molecule has 0 saturated carbocycles. The molecule has 9 nitrogen and oxygen atoms in total. The lowest BCUT2D eigenvalue weighted by Crippen LogP contribution is -2.37. The van der Waals surface area contributed by atoms with E-state index in [0.717, 1.165) is 103 Å². The van der Waals surface area contributed by atoms with E-state index in [9.17, 15) is 19.0 Å². The summed E-state index contributed by atoms with van der Waals surface area (Å²) in [6.45, 7) is 4.11. The smallest absolute Gasteiger partial charge is 0.306 e. The molecule has 0 aliphatic heterocycles. The Morgan fingerprint density at radius 3 is 1.12 bits per heavy atom. The van der Waals surface area contributed by atoms with Gasteiger partial charge in [-0.15, -0.1) is 0 Å². The number of hydrogen-bond donors (Lipinski definition) is 0. The molecule has 2 unspecified atom stereocenters. The molecule has 0 bridgehead atoms. The summed E-state index contributed by atoms with van der Waals surface area (Å²) < 4.78 is 34.2. The summed E-state index contributed by atoms with van der Waals surface area (Å²) in [5.41, 5.74) is 0. The van der Waals surface area contributed by atoms with Gasteiger partial charge in [0, 0.05) is 12.8 Å². The summed E-state index contributed by atoms with van der Waals surface area (Å²) >= 11 is 0. The molecule has 0 spiro atoms. The van der Waals surface area contributed by atoms with E-state index in [1.54, 1.807) is 0 Å². The Balaban J connectivity index is 4.17. The molecule has 0 aromatic rings. The number of rotatable bonds is 56. The van der Waals surface area contributed by atoms with E-state index in [1.807, 2.05) is 21.1 Å². The van der Waals surface area contributed by atoms with Gasteiger partial charge in [0.2, 0.25) is 0 Å². The van der Waals surface area contributed by atoms with Crippen LogP contribution in [0, 0.1) is 0 Å². The van der Waals surface area contributed by atoms with Gasteiger partial charge in [-0.1, -0.05) is 246 Å². The van der Waals surface area contributed by atoms with Crippen molar-refractivity contribution >= 4 is 19.8 Å². The number of carbonyl (C=O) groups is 2. The maximum absolute atomic E-state index is 12.8. The van der Waals surface area contributed by atoms with Crippen LogP contribution in [0.15, 0.2) is 97.2 Å². The molecule has 0 rings (SSSR count). The molecule has 0 N–H and O–H groups in total. The minimum atomic E-state index is -4.65. The second-order valence-corrected chi connectivity index (χ2v) is 23.1. The van der Waals surface area contributed by atoms with Crippen molar-refractivity contribution < 1.29 is 42.1 Å². The fraction of sp³-hybridized carbons (Fsp3) is 0.727. The number of quaternary nitrogens is 1. The Morgan fingerprint density at radius 2 is 0.750 bits per heavy atom. The number of nitrogens with zero attached hydrogens (tertiary/aromatic N) is 1. The summed E-state index contributed by atoms with van der Waals surface area (Å²) in [7, 11) is 1.15. The average molecular weight is 1080 g/mol. The van der Waals surface area contributed by atoms with Crippen molar-refractivity contribution in [2.75, 3.05) is 47.5 Å². The van der Waals surface area contributed by atoms with Crippen LogP contribution in [-0.4, -0.2) is 70.0 Å². The average Bonchev–Trinajstić information content (AvgIpc) is 3.38. The fourth-order valence-corrected chi connectivity index (χ4v) is 9.07. The van der Waals surface area contributed by atoms with Gasteiger partial charge >= 0.3 is 11.9 Å². The summed E-state index contributed by atoms with van der Waals surface area (Å²) in [6.07, 6.45) is 77.4. The Kier molecular flexibility index (Phi) is 54.4. The third kappa shape index (κ3) is 60.2. The van der Waals surface area contributed by atoms with E-state index in [2.05, 4.69) is 111 Å². The third-order valence-corrected chi connectivity index (χ3v) is 14.1. The molecule has 0 amide bonds. The van der Waals surface area contributed by atoms with Crippen molar-refractivity contribution in [3.63, 3.8) is 0 Å². The van der Waals surface area contributed by atoms with Crippen LogP contribution in [0.25, 0.3) is 0 Å². The van der Waals surface area contributed by atoms with Gasteiger partial charge in [0.25, 0.3) is 7.82 Å². The molecule has 0 aromatic carbocycles. The first-order valence-electron chi connectivity index (χ1n) is 30.9. The molecule has 0 fully saturated rings. The lowest BCUT2D eigenvalue weighted by molar-refractivity contribution is -0.870. The van der Waals surface area contributed by atoms with Gasteiger partial charge in [-0.2, -0.15) is 0 Å². The van der Waals surface area contributed by atoms with E-state index < -0.39 is 26.5 Å². The lowest BCUT2D eigenvalue weighted by Gasteiger charge is -2.28. The van der Waals surface area contributed by atoms with Crippen LogP contribution >= 0.6 is 7.82 Å². The maximum Gasteiger partial charge on any atom is 0.306 e. The van der Waals surface area contributed by atoms with E-state index >= 15 is 0 Å². The normalized spacial score (nSPS) is 13.9. The Hall–Kier alpha value is -3.07. The third-order valence-electron chi connectivity index (χ3n) is 13.1. The minimum absolute atomic E-state index is 0.0382. The summed E-state index contributed by atoms with van der Waals surface area (Å²) in [5.74, 6) is -0.850. The Labute approximate surface area is 468 Å². The van der Waals surface area contributed by atoms with Crippen LogP contribution in [0.1, 0.15) is 258 Å². The second-order valence-electron chi connectivity index (χ2n) is 21.7. The fourth-order valence-electron chi connectivity index (χ4n) is 8.34. The largest absolute Gasteiger partial charge is 0.756 e. The first-order valence-corrected chi connectivity index (χ1v) is 32.4. The lowest BCUT2D eigenvalue weighted by atomic mass is 10.0. The SMILES string of the molecule is CC/C=C\C/C=C\C/C=C\C/C=C\C/C=C\C/C=C\CCCCCCCCC(=O)OC(COC(=O)CCCCCCCCCCCCCCCCC/C=C\C/C=C\CCCCCCC)COP(=O)([O-])OCC[N+](C)(C)C. The molecule has 2 atom stereocenters. The van der Waals surface area contributed by atoms with E-state index in [-0.39, 0.29) is 32.0 Å². The molecule has 0 radical (unpaired) electrons. The first-order chi connectivity index (χ1) is 37.0. The maximum atomic E-state index is 12.8. The topological polar surface area (TPSA) is 111 Å².